The largest absolute Gasteiger partial charge is 0.315 e. The van der Waals surface area contributed by atoms with Gasteiger partial charge < -0.3 is 10.2 Å². The Bertz CT molecular complexity index is 172. The molecule has 0 aromatic rings. The Morgan fingerprint density at radius 3 is 2.31 bits per heavy atom. The third kappa shape index (κ3) is 4.84. The molecule has 0 unspecified atom stereocenters. The second-order valence-electron chi connectivity index (χ2n) is 5.65. The molecule has 0 bridgehead atoms. The minimum atomic E-state index is 0.641. The van der Waals surface area contributed by atoms with Crippen LogP contribution in [0.15, 0.2) is 0 Å². The molecule has 1 aliphatic rings. The minimum Gasteiger partial charge on any atom is -0.315 e. The van der Waals surface area contributed by atoms with Gasteiger partial charge in [-0.2, -0.15) is 0 Å². The quantitative estimate of drug-likeness (QED) is 0.749. The molecular formula is C14H30N2. The first kappa shape index (κ1) is 14.0. The maximum Gasteiger partial charge on any atom is 0.00923 e. The predicted octanol–water partition coefficient (Wildman–Crippen LogP) is 2.89. The van der Waals surface area contributed by atoms with Gasteiger partial charge in [-0.3, -0.25) is 0 Å². The fourth-order valence-corrected chi connectivity index (χ4v) is 2.71. The zero-order chi connectivity index (χ0) is 12.0. The molecule has 0 aromatic heterocycles. The molecular weight excluding hydrogens is 196 g/mol. The molecule has 2 nitrogen and oxygen atoms in total. The third-order valence-corrected chi connectivity index (χ3v) is 4.04. The summed E-state index contributed by atoms with van der Waals surface area (Å²) in [6, 6.07) is 1.50. The summed E-state index contributed by atoms with van der Waals surface area (Å²) in [5.74, 6) is 0.979. The fraction of sp³-hybridized carbons (Fsp3) is 1.00. The molecule has 0 heterocycles. The van der Waals surface area contributed by atoms with Crippen molar-refractivity contribution in [1.29, 1.82) is 0 Å². The van der Waals surface area contributed by atoms with Gasteiger partial charge in [-0.05, 0) is 58.2 Å². The van der Waals surface area contributed by atoms with E-state index in [1.807, 2.05) is 0 Å². The Labute approximate surface area is 102 Å². The van der Waals surface area contributed by atoms with Gasteiger partial charge in [0, 0.05) is 12.1 Å². The van der Waals surface area contributed by atoms with Gasteiger partial charge in [0.25, 0.3) is 0 Å². The molecule has 0 radical (unpaired) electrons. The maximum atomic E-state index is 3.53. The Morgan fingerprint density at radius 1 is 1.19 bits per heavy atom. The van der Waals surface area contributed by atoms with Crippen molar-refractivity contribution >= 4 is 0 Å². The van der Waals surface area contributed by atoms with Crippen LogP contribution >= 0.6 is 0 Å². The average Bonchev–Trinajstić information content (AvgIpc) is 2.28. The first-order chi connectivity index (χ1) is 7.63. The van der Waals surface area contributed by atoms with Crippen LogP contribution in [0.3, 0.4) is 0 Å². The van der Waals surface area contributed by atoms with E-state index in [1.165, 1.54) is 45.2 Å². The summed E-state index contributed by atoms with van der Waals surface area (Å²) in [6.07, 6.45) is 7.08. The molecule has 16 heavy (non-hydrogen) atoms. The molecule has 1 rings (SSSR count). The summed E-state index contributed by atoms with van der Waals surface area (Å²) in [5, 5.41) is 3.53. The summed E-state index contributed by atoms with van der Waals surface area (Å²) in [5.41, 5.74) is 0. The van der Waals surface area contributed by atoms with Crippen molar-refractivity contribution in [2.75, 3.05) is 20.1 Å². The van der Waals surface area contributed by atoms with Crippen molar-refractivity contribution in [1.82, 2.24) is 10.2 Å². The second-order valence-corrected chi connectivity index (χ2v) is 5.65. The first-order valence-electron chi connectivity index (χ1n) is 7.07. The van der Waals surface area contributed by atoms with Crippen LogP contribution in [-0.4, -0.2) is 37.1 Å². The summed E-state index contributed by atoms with van der Waals surface area (Å²) in [4.78, 5) is 2.52. The molecule has 0 atom stereocenters. The van der Waals surface area contributed by atoms with Crippen molar-refractivity contribution in [3.8, 4) is 0 Å². The van der Waals surface area contributed by atoms with Crippen molar-refractivity contribution < 1.29 is 0 Å². The van der Waals surface area contributed by atoms with Crippen molar-refractivity contribution in [3.63, 3.8) is 0 Å². The van der Waals surface area contributed by atoms with E-state index in [9.17, 15) is 0 Å². The lowest BCUT2D eigenvalue weighted by Crippen LogP contribution is -2.35. The maximum absolute atomic E-state index is 3.53. The molecule has 0 aromatic carbocycles. The van der Waals surface area contributed by atoms with Crippen LogP contribution in [0.1, 0.15) is 52.9 Å². The Hall–Kier alpha value is -0.0800. The summed E-state index contributed by atoms with van der Waals surface area (Å²) < 4.78 is 0. The van der Waals surface area contributed by atoms with Crippen LogP contribution in [0.5, 0.6) is 0 Å². The molecule has 0 saturated heterocycles. The number of hydrogen-bond acceptors (Lipinski definition) is 2. The average molecular weight is 226 g/mol. The molecule has 2 heteroatoms. The number of rotatable bonds is 6. The van der Waals surface area contributed by atoms with Crippen LogP contribution in [0.2, 0.25) is 0 Å². The lowest BCUT2D eigenvalue weighted by atomic mass is 9.83. The molecule has 1 fully saturated rings. The summed E-state index contributed by atoms with van der Waals surface area (Å²) >= 11 is 0. The SMILES string of the molecule is CCN(C)[C@H]1CC[C@@H](CCNC(C)C)CC1. The van der Waals surface area contributed by atoms with Gasteiger partial charge in [-0.1, -0.05) is 20.8 Å². The van der Waals surface area contributed by atoms with Gasteiger partial charge in [0.1, 0.15) is 0 Å². The minimum absolute atomic E-state index is 0.641. The molecule has 0 aliphatic heterocycles. The van der Waals surface area contributed by atoms with Gasteiger partial charge in [-0.15, -0.1) is 0 Å². The zero-order valence-corrected chi connectivity index (χ0v) is 11.6. The van der Waals surface area contributed by atoms with Crippen LogP contribution in [0.25, 0.3) is 0 Å². The molecule has 0 spiro atoms. The lowest BCUT2D eigenvalue weighted by Gasteiger charge is -2.34. The van der Waals surface area contributed by atoms with Gasteiger partial charge in [0.2, 0.25) is 0 Å². The van der Waals surface area contributed by atoms with Gasteiger partial charge >= 0.3 is 0 Å². The summed E-state index contributed by atoms with van der Waals surface area (Å²) in [7, 11) is 2.27. The highest BCUT2D eigenvalue weighted by molar-refractivity contribution is 4.78. The molecule has 96 valence electrons. The zero-order valence-electron chi connectivity index (χ0n) is 11.6. The molecule has 0 amide bonds. The van der Waals surface area contributed by atoms with Crippen molar-refractivity contribution in [3.05, 3.63) is 0 Å². The highest BCUT2D eigenvalue weighted by Gasteiger charge is 2.22. The Balaban J connectivity index is 2.12. The number of nitrogens with zero attached hydrogens (tertiary/aromatic N) is 1. The van der Waals surface area contributed by atoms with Crippen molar-refractivity contribution in [2.24, 2.45) is 5.92 Å². The van der Waals surface area contributed by atoms with Crippen LogP contribution in [0, 0.1) is 5.92 Å². The predicted molar refractivity (Wildman–Crippen MR) is 71.8 cm³/mol. The second kappa shape index (κ2) is 7.29. The Morgan fingerprint density at radius 2 is 1.81 bits per heavy atom. The van der Waals surface area contributed by atoms with E-state index in [-0.39, 0.29) is 0 Å². The lowest BCUT2D eigenvalue weighted by molar-refractivity contribution is 0.167. The van der Waals surface area contributed by atoms with Crippen LogP contribution < -0.4 is 5.32 Å². The first-order valence-corrected chi connectivity index (χ1v) is 7.07. The molecule has 1 N–H and O–H groups in total. The van der Waals surface area contributed by atoms with E-state index in [1.54, 1.807) is 0 Å². The summed E-state index contributed by atoms with van der Waals surface area (Å²) in [6.45, 7) is 9.12. The van der Waals surface area contributed by atoms with E-state index in [0.29, 0.717) is 6.04 Å². The third-order valence-electron chi connectivity index (χ3n) is 4.04. The van der Waals surface area contributed by atoms with E-state index in [0.717, 1.165) is 12.0 Å². The van der Waals surface area contributed by atoms with E-state index >= 15 is 0 Å². The number of nitrogens with one attached hydrogen (secondary N) is 1. The molecule has 1 aliphatic carbocycles. The van der Waals surface area contributed by atoms with Gasteiger partial charge in [0.15, 0.2) is 0 Å². The van der Waals surface area contributed by atoms with Crippen LogP contribution in [-0.2, 0) is 0 Å². The number of hydrogen-bond donors (Lipinski definition) is 1. The fourth-order valence-electron chi connectivity index (χ4n) is 2.71. The Kier molecular flexibility index (Phi) is 6.37. The van der Waals surface area contributed by atoms with E-state index < -0.39 is 0 Å². The van der Waals surface area contributed by atoms with Gasteiger partial charge in [0.05, 0.1) is 0 Å². The van der Waals surface area contributed by atoms with Crippen molar-refractivity contribution in [2.45, 2.75) is 65.0 Å². The highest BCUT2D eigenvalue weighted by Crippen LogP contribution is 2.28. The smallest absolute Gasteiger partial charge is 0.00923 e. The molecule has 1 saturated carbocycles. The van der Waals surface area contributed by atoms with E-state index in [2.05, 4.69) is 38.0 Å². The van der Waals surface area contributed by atoms with Crippen LogP contribution in [0.4, 0.5) is 0 Å². The highest BCUT2D eigenvalue weighted by atomic mass is 15.1. The monoisotopic (exact) mass is 226 g/mol. The van der Waals surface area contributed by atoms with E-state index in [4.69, 9.17) is 0 Å². The standard InChI is InChI=1S/C14H30N2/c1-5-16(4)14-8-6-13(7-9-14)10-11-15-12(2)3/h12-15H,5-11H2,1-4H3/t13-,14+. The topological polar surface area (TPSA) is 15.3 Å². The van der Waals surface area contributed by atoms with Gasteiger partial charge in [-0.25, -0.2) is 0 Å². The normalized spacial score (nSPS) is 26.6.